The smallest absolute Gasteiger partial charge is 0.224 e. The number of halogens is 1. The van der Waals surface area contributed by atoms with Gasteiger partial charge in [-0.2, -0.15) is 0 Å². The Morgan fingerprint density at radius 1 is 1.00 bits per heavy atom. The third-order valence-corrected chi connectivity index (χ3v) is 4.49. The highest BCUT2D eigenvalue weighted by molar-refractivity contribution is 5.95. The summed E-state index contributed by atoms with van der Waals surface area (Å²) in [5, 5.41) is 2.93. The van der Waals surface area contributed by atoms with Crippen LogP contribution in [0.5, 0.6) is 5.75 Å². The number of ether oxygens (including phenoxy) is 1. The minimum absolute atomic E-state index is 0.134. The van der Waals surface area contributed by atoms with E-state index in [9.17, 15) is 9.18 Å². The summed E-state index contributed by atoms with van der Waals surface area (Å²) in [7, 11) is 0. The minimum Gasteiger partial charge on any atom is -0.491 e. The molecule has 29 heavy (non-hydrogen) atoms. The number of benzene rings is 3. The normalized spacial score (nSPS) is 10.8. The molecule has 0 aliphatic heterocycles. The first-order valence-corrected chi connectivity index (χ1v) is 9.42. The van der Waals surface area contributed by atoms with Gasteiger partial charge in [0, 0.05) is 12.0 Å². The van der Waals surface area contributed by atoms with E-state index in [2.05, 4.69) is 15.3 Å². The number of anilines is 1. The highest BCUT2D eigenvalue weighted by Gasteiger charge is 2.12. The predicted molar refractivity (Wildman–Crippen MR) is 111 cm³/mol. The van der Waals surface area contributed by atoms with Crippen molar-refractivity contribution < 1.29 is 13.9 Å². The Balaban J connectivity index is 1.38. The van der Waals surface area contributed by atoms with Crippen LogP contribution in [-0.2, 0) is 4.79 Å². The summed E-state index contributed by atoms with van der Waals surface area (Å²) in [6.45, 7) is 0.263. The van der Waals surface area contributed by atoms with Crippen molar-refractivity contribution in [1.82, 2.24) is 9.97 Å². The molecule has 0 radical (unpaired) electrons. The fraction of sp³-hybridized carbons (Fsp3) is 0.130. The quantitative estimate of drug-likeness (QED) is 0.429. The molecule has 1 heterocycles. The summed E-state index contributed by atoms with van der Waals surface area (Å²) < 4.78 is 18.9. The van der Waals surface area contributed by atoms with Gasteiger partial charge in [-0.15, -0.1) is 0 Å². The molecule has 146 valence electrons. The molecular weight excluding hydrogens is 369 g/mol. The molecule has 0 atom stereocenters. The third-order valence-electron chi connectivity index (χ3n) is 4.49. The Bertz CT molecular complexity index is 1110. The topological polar surface area (TPSA) is 67.0 Å². The van der Waals surface area contributed by atoms with Gasteiger partial charge in [-0.3, -0.25) is 4.79 Å². The summed E-state index contributed by atoms with van der Waals surface area (Å²) in [4.78, 5) is 20.3. The molecule has 4 aromatic rings. The van der Waals surface area contributed by atoms with Gasteiger partial charge in [0.1, 0.15) is 5.82 Å². The Hall–Kier alpha value is -3.67. The zero-order chi connectivity index (χ0) is 20.1. The second-order valence-electron chi connectivity index (χ2n) is 6.58. The van der Waals surface area contributed by atoms with Crippen molar-refractivity contribution in [2.75, 3.05) is 11.9 Å². The van der Waals surface area contributed by atoms with E-state index >= 15 is 0 Å². The minimum atomic E-state index is -0.406. The molecule has 3 aromatic carbocycles. The van der Waals surface area contributed by atoms with Crippen molar-refractivity contribution in [3.05, 3.63) is 78.6 Å². The number of aromatic nitrogens is 2. The molecule has 1 aromatic heterocycles. The van der Waals surface area contributed by atoms with E-state index in [1.807, 2.05) is 48.5 Å². The molecule has 0 unspecified atom stereocenters. The Morgan fingerprint density at radius 2 is 1.76 bits per heavy atom. The number of imidazole rings is 1. The first kappa shape index (κ1) is 18.7. The van der Waals surface area contributed by atoms with E-state index in [0.29, 0.717) is 17.9 Å². The molecule has 0 saturated carbocycles. The van der Waals surface area contributed by atoms with E-state index in [0.717, 1.165) is 16.6 Å². The highest BCUT2D eigenvalue weighted by Crippen LogP contribution is 2.27. The van der Waals surface area contributed by atoms with Crippen molar-refractivity contribution in [2.45, 2.75) is 12.8 Å². The molecule has 1 amide bonds. The summed E-state index contributed by atoms with van der Waals surface area (Å²) in [5.41, 5.74) is 3.31. The van der Waals surface area contributed by atoms with E-state index in [4.69, 9.17) is 4.74 Å². The van der Waals surface area contributed by atoms with Crippen LogP contribution >= 0.6 is 0 Å². The van der Waals surface area contributed by atoms with Gasteiger partial charge in [0.15, 0.2) is 11.6 Å². The van der Waals surface area contributed by atoms with Crippen molar-refractivity contribution in [2.24, 2.45) is 0 Å². The maximum absolute atomic E-state index is 13.5. The molecule has 0 spiro atoms. The fourth-order valence-electron chi connectivity index (χ4n) is 3.07. The van der Waals surface area contributed by atoms with Crippen LogP contribution in [-0.4, -0.2) is 22.5 Å². The van der Waals surface area contributed by atoms with Gasteiger partial charge >= 0.3 is 0 Å². The summed E-state index contributed by atoms with van der Waals surface area (Å²) >= 11 is 0. The molecule has 2 N–H and O–H groups in total. The van der Waals surface area contributed by atoms with E-state index in [1.54, 1.807) is 18.2 Å². The highest BCUT2D eigenvalue weighted by atomic mass is 19.1. The molecule has 0 aliphatic rings. The molecule has 5 nitrogen and oxygen atoms in total. The van der Waals surface area contributed by atoms with Gasteiger partial charge in [-0.1, -0.05) is 36.4 Å². The van der Waals surface area contributed by atoms with Crippen LogP contribution in [0.2, 0.25) is 0 Å². The number of hydrogen-bond donors (Lipinski definition) is 2. The number of carbonyl (C=O) groups is 1. The van der Waals surface area contributed by atoms with Crippen LogP contribution in [0.25, 0.3) is 22.4 Å². The van der Waals surface area contributed by atoms with Crippen molar-refractivity contribution in [1.29, 1.82) is 0 Å². The SMILES string of the molecule is O=C(CCCOc1ccccc1F)Nc1ccccc1-c1nc2ccccc2[nH]1. The second kappa shape index (κ2) is 8.56. The Morgan fingerprint density at radius 3 is 2.62 bits per heavy atom. The van der Waals surface area contributed by atoms with Crippen molar-refractivity contribution in [3.63, 3.8) is 0 Å². The maximum atomic E-state index is 13.5. The summed E-state index contributed by atoms with van der Waals surface area (Å²) in [6, 6.07) is 21.5. The monoisotopic (exact) mass is 389 g/mol. The van der Waals surface area contributed by atoms with Crippen LogP contribution in [0, 0.1) is 5.82 Å². The summed E-state index contributed by atoms with van der Waals surface area (Å²) in [5.74, 6) is 0.357. The Kier molecular flexibility index (Phi) is 5.52. The van der Waals surface area contributed by atoms with Crippen molar-refractivity contribution in [3.8, 4) is 17.1 Å². The Labute approximate surface area is 167 Å². The van der Waals surface area contributed by atoms with Crippen LogP contribution in [0.1, 0.15) is 12.8 Å². The lowest BCUT2D eigenvalue weighted by molar-refractivity contribution is -0.116. The number of carbonyl (C=O) groups excluding carboxylic acids is 1. The number of amides is 1. The largest absolute Gasteiger partial charge is 0.491 e. The average Bonchev–Trinajstić information content (AvgIpc) is 3.17. The zero-order valence-corrected chi connectivity index (χ0v) is 15.7. The molecule has 0 fully saturated rings. The number of para-hydroxylation sites is 4. The van der Waals surface area contributed by atoms with E-state index < -0.39 is 5.82 Å². The van der Waals surface area contributed by atoms with Gasteiger partial charge < -0.3 is 15.0 Å². The number of H-pyrrole nitrogens is 1. The van der Waals surface area contributed by atoms with Crippen LogP contribution < -0.4 is 10.1 Å². The van der Waals surface area contributed by atoms with Gasteiger partial charge in [0.2, 0.25) is 5.91 Å². The lowest BCUT2D eigenvalue weighted by Gasteiger charge is -2.10. The lowest BCUT2D eigenvalue weighted by Crippen LogP contribution is -2.13. The number of nitrogens with one attached hydrogen (secondary N) is 2. The number of hydrogen-bond acceptors (Lipinski definition) is 3. The molecule has 0 bridgehead atoms. The first-order chi connectivity index (χ1) is 14.2. The number of aromatic amines is 1. The van der Waals surface area contributed by atoms with Gasteiger partial charge in [0.25, 0.3) is 0 Å². The zero-order valence-electron chi connectivity index (χ0n) is 15.7. The molecule has 0 aliphatic carbocycles. The van der Waals surface area contributed by atoms with Gasteiger partial charge in [-0.05, 0) is 42.8 Å². The van der Waals surface area contributed by atoms with Crippen molar-refractivity contribution >= 4 is 22.6 Å². The first-order valence-electron chi connectivity index (χ1n) is 9.42. The van der Waals surface area contributed by atoms with Crippen LogP contribution in [0.3, 0.4) is 0 Å². The van der Waals surface area contributed by atoms with Crippen LogP contribution in [0.15, 0.2) is 72.8 Å². The molecule has 0 saturated heterocycles. The molecular formula is C23H20FN3O2. The third kappa shape index (κ3) is 4.43. The van der Waals surface area contributed by atoms with E-state index in [1.165, 1.54) is 6.07 Å². The molecule has 4 rings (SSSR count). The second-order valence-corrected chi connectivity index (χ2v) is 6.58. The van der Waals surface area contributed by atoms with Gasteiger partial charge in [0.05, 0.1) is 23.3 Å². The van der Waals surface area contributed by atoms with Crippen LogP contribution in [0.4, 0.5) is 10.1 Å². The lowest BCUT2D eigenvalue weighted by atomic mass is 10.1. The standard InChI is InChI=1S/C23H20FN3O2/c24-17-9-2-6-13-21(17)29-15-7-14-22(28)25-18-10-3-1-8-16(18)23-26-19-11-4-5-12-20(19)27-23/h1-6,8-13H,7,14-15H2,(H,25,28)(H,26,27). The van der Waals surface area contributed by atoms with E-state index in [-0.39, 0.29) is 24.7 Å². The van der Waals surface area contributed by atoms with Gasteiger partial charge in [-0.25, -0.2) is 9.37 Å². The fourth-order valence-corrected chi connectivity index (χ4v) is 3.07. The number of rotatable bonds is 7. The average molecular weight is 389 g/mol. The number of fused-ring (bicyclic) bond motifs is 1. The maximum Gasteiger partial charge on any atom is 0.224 e. The summed E-state index contributed by atoms with van der Waals surface area (Å²) in [6.07, 6.45) is 0.746. The number of nitrogens with zero attached hydrogens (tertiary/aromatic N) is 1. The predicted octanol–water partition coefficient (Wildman–Crippen LogP) is 5.17. The molecule has 6 heteroatoms.